The van der Waals surface area contributed by atoms with Gasteiger partial charge in [-0.2, -0.15) is 0 Å². The van der Waals surface area contributed by atoms with E-state index in [1.165, 1.54) is 21.0 Å². The van der Waals surface area contributed by atoms with Gasteiger partial charge in [0, 0.05) is 13.7 Å². The standard InChI is InChI=1S/C12H19FN2O3S/c1-7-5-10(13)11(14)9(3)12(7)19(16,17)15-6-8(2)18-4/h5,8,15H,6,14H2,1-4H3. The number of hydrogen-bond donors (Lipinski definition) is 2. The maximum atomic E-state index is 13.4. The fourth-order valence-corrected chi connectivity index (χ4v) is 3.32. The Kier molecular flexibility index (Phi) is 4.89. The second-order valence-corrected chi connectivity index (χ2v) is 6.15. The number of halogens is 1. The Balaban J connectivity index is 3.19. The molecule has 0 aliphatic heterocycles. The summed E-state index contributed by atoms with van der Waals surface area (Å²) in [7, 11) is -2.25. The van der Waals surface area contributed by atoms with Gasteiger partial charge < -0.3 is 10.5 Å². The highest BCUT2D eigenvalue weighted by molar-refractivity contribution is 7.89. The van der Waals surface area contributed by atoms with Crippen molar-refractivity contribution in [1.82, 2.24) is 4.72 Å². The molecule has 1 unspecified atom stereocenters. The van der Waals surface area contributed by atoms with E-state index in [9.17, 15) is 12.8 Å². The molecular weight excluding hydrogens is 271 g/mol. The molecule has 3 N–H and O–H groups in total. The van der Waals surface area contributed by atoms with Gasteiger partial charge in [-0.25, -0.2) is 17.5 Å². The highest BCUT2D eigenvalue weighted by Gasteiger charge is 2.23. The molecule has 7 heteroatoms. The maximum absolute atomic E-state index is 13.4. The molecule has 0 saturated carbocycles. The molecule has 0 aliphatic carbocycles. The molecule has 0 fully saturated rings. The minimum absolute atomic E-state index is 0.0229. The normalized spacial score (nSPS) is 13.5. The van der Waals surface area contributed by atoms with Gasteiger partial charge in [-0.15, -0.1) is 0 Å². The van der Waals surface area contributed by atoms with E-state index in [1.807, 2.05) is 0 Å². The lowest BCUT2D eigenvalue weighted by Crippen LogP contribution is -2.32. The molecule has 1 aromatic carbocycles. The van der Waals surface area contributed by atoms with Gasteiger partial charge in [-0.1, -0.05) is 0 Å². The van der Waals surface area contributed by atoms with Gasteiger partial charge in [0.1, 0.15) is 5.82 Å². The van der Waals surface area contributed by atoms with Gasteiger partial charge in [0.05, 0.1) is 16.7 Å². The van der Waals surface area contributed by atoms with Crippen molar-refractivity contribution < 1.29 is 17.5 Å². The Bertz CT molecular complexity index is 573. The molecule has 1 aromatic rings. The molecule has 0 aromatic heterocycles. The van der Waals surface area contributed by atoms with Crippen LogP contribution < -0.4 is 10.5 Å². The minimum Gasteiger partial charge on any atom is -0.396 e. The summed E-state index contributed by atoms with van der Waals surface area (Å²) in [5.74, 6) is -0.612. The lowest BCUT2D eigenvalue weighted by molar-refractivity contribution is 0.122. The molecule has 0 bridgehead atoms. The third-order valence-corrected chi connectivity index (χ3v) is 4.65. The van der Waals surface area contributed by atoms with Crippen LogP contribution >= 0.6 is 0 Å². The highest BCUT2D eigenvalue weighted by atomic mass is 32.2. The molecule has 0 aliphatic rings. The molecule has 1 rings (SSSR count). The molecule has 19 heavy (non-hydrogen) atoms. The highest BCUT2D eigenvalue weighted by Crippen LogP contribution is 2.27. The van der Waals surface area contributed by atoms with E-state index < -0.39 is 15.8 Å². The van der Waals surface area contributed by atoms with Crippen LogP contribution in [-0.4, -0.2) is 28.2 Å². The first-order chi connectivity index (χ1) is 8.70. The van der Waals surface area contributed by atoms with E-state index in [4.69, 9.17) is 10.5 Å². The zero-order valence-corrected chi connectivity index (χ0v) is 12.3. The Labute approximate surface area is 113 Å². The van der Waals surface area contributed by atoms with Crippen molar-refractivity contribution in [2.45, 2.75) is 31.8 Å². The van der Waals surface area contributed by atoms with Crippen LogP contribution in [0.1, 0.15) is 18.1 Å². The molecule has 108 valence electrons. The third-order valence-electron chi connectivity index (χ3n) is 2.94. The van der Waals surface area contributed by atoms with Crippen LogP contribution in [0.2, 0.25) is 0 Å². The predicted octanol–water partition coefficient (Wildman–Crippen LogP) is 1.34. The summed E-state index contributed by atoms with van der Waals surface area (Å²) in [5, 5.41) is 0. The van der Waals surface area contributed by atoms with Crippen LogP contribution in [0.5, 0.6) is 0 Å². The number of methoxy groups -OCH3 is 1. The summed E-state index contributed by atoms with van der Waals surface area (Å²) < 4.78 is 45.2. The van der Waals surface area contributed by atoms with E-state index >= 15 is 0 Å². The first-order valence-electron chi connectivity index (χ1n) is 5.78. The lowest BCUT2D eigenvalue weighted by atomic mass is 10.1. The number of nitrogens with one attached hydrogen (secondary N) is 1. The average Bonchev–Trinajstić information content (AvgIpc) is 2.33. The van der Waals surface area contributed by atoms with E-state index in [0.29, 0.717) is 5.56 Å². The largest absolute Gasteiger partial charge is 0.396 e. The van der Waals surface area contributed by atoms with Crippen LogP contribution in [0.3, 0.4) is 0 Å². The van der Waals surface area contributed by atoms with Crippen LogP contribution in [0.15, 0.2) is 11.0 Å². The van der Waals surface area contributed by atoms with Crippen LogP contribution in [0.4, 0.5) is 10.1 Å². The fraction of sp³-hybridized carbons (Fsp3) is 0.500. The number of hydrogen-bond acceptors (Lipinski definition) is 4. The fourth-order valence-electron chi connectivity index (χ4n) is 1.73. The summed E-state index contributed by atoms with van der Waals surface area (Å²) in [6, 6.07) is 1.12. The Morgan fingerprint density at radius 1 is 1.47 bits per heavy atom. The summed E-state index contributed by atoms with van der Waals surface area (Å²) in [6.07, 6.45) is -0.256. The second kappa shape index (κ2) is 5.85. The van der Waals surface area contributed by atoms with Crippen molar-refractivity contribution in [3.05, 3.63) is 23.0 Å². The Morgan fingerprint density at radius 3 is 2.58 bits per heavy atom. The number of anilines is 1. The molecule has 1 atom stereocenters. The zero-order chi connectivity index (χ0) is 14.8. The summed E-state index contributed by atoms with van der Waals surface area (Å²) in [5.41, 5.74) is 5.93. The van der Waals surface area contributed by atoms with Gasteiger partial charge in [0.2, 0.25) is 10.0 Å². The lowest BCUT2D eigenvalue weighted by Gasteiger charge is -2.16. The Morgan fingerprint density at radius 2 is 2.05 bits per heavy atom. The van der Waals surface area contributed by atoms with Crippen LogP contribution in [-0.2, 0) is 14.8 Å². The van der Waals surface area contributed by atoms with Crippen LogP contribution in [0, 0.1) is 19.7 Å². The van der Waals surface area contributed by atoms with Crippen molar-refractivity contribution >= 4 is 15.7 Å². The maximum Gasteiger partial charge on any atom is 0.241 e. The van der Waals surface area contributed by atoms with Gasteiger partial charge in [-0.3, -0.25) is 0 Å². The first-order valence-corrected chi connectivity index (χ1v) is 7.26. The minimum atomic E-state index is -3.74. The number of aryl methyl sites for hydroxylation is 1. The van der Waals surface area contributed by atoms with Crippen molar-refractivity contribution in [2.24, 2.45) is 0 Å². The summed E-state index contributed by atoms with van der Waals surface area (Å²) >= 11 is 0. The van der Waals surface area contributed by atoms with E-state index in [-0.39, 0.29) is 28.8 Å². The number of nitrogen functional groups attached to an aromatic ring is 1. The molecule has 0 heterocycles. The van der Waals surface area contributed by atoms with Gasteiger partial charge in [-0.05, 0) is 38.0 Å². The molecular formula is C12H19FN2O3S. The first kappa shape index (κ1) is 15.9. The molecule has 0 radical (unpaired) electrons. The summed E-state index contributed by atoms with van der Waals surface area (Å²) in [6.45, 7) is 4.89. The number of benzene rings is 1. The molecule has 5 nitrogen and oxygen atoms in total. The predicted molar refractivity (Wildman–Crippen MR) is 71.9 cm³/mol. The van der Waals surface area contributed by atoms with Gasteiger partial charge in [0.15, 0.2) is 0 Å². The molecule has 0 saturated heterocycles. The number of rotatable bonds is 5. The number of nitrogens with two attached hydrogens (primary N) is 1. The van der Waals surface area contributed by atoms with Gasteiger partial charge >= 0.3 is 0 Å². The van der Waals surface area contributed by atoms with Crippen LogP contribution in [0.25, 0.3) is 0 Å². The smallest absolute Gasteiger partial charge is 0.241 e. The third kappa shape index (κ3) is 3.43. The van der Waals surface area contributed by atoms with Crippen molar-refractivity contribution in [3.63, 3.8) is 0 Å². The van der Waals surface area contributed by atoms with Crippen molar-refractivity contribution in [1.29, 1.82) is 0 Å². The average molecular weight is 290 g/mol. The van der Waals surface area contributed by atoms with Crippen molar-refractivity contribution in [2.75, 3.05) is 19.4 Å². The quantitative estimate of drug-likeness (QED) is 0.802. The van der Waals surface area contributed by atoms with E-state index in [2.05, 4.69) is 4.72 Å². The number of ether oxygens (including phenoxy) is 1. The second-order valence-electron chi connectivity index (χ2n) is 4.44. The monoisotopic (exact) mass is 290 g/mol. The van der Waals surface area contributed by atoms with Crippen molar-refractivity contribution in [3.8, 4) is 0 Å². The van der Waals surface area contributed by atoms with E-state index in [0.717, 1.165) is 6.07 Å². The Hall–Kier alpha value is -1.18. The molecule has 0 spiro atoms. The van der Waals surface area contributed by atoms with E-state index in [1.54, 1.807) is 6.92 Å². The number of sulfonamides is 1. The summed E-state index contributed by atoms with van der Waals surface area (Å²) in [4.78, 5) is 0.0229. The zero-order valence-electron chi connectivity index (χ0n) is 11.5. The molecule has 0 amide bonds. The topological polar surface area (TPSA) is 81.4 Å². The SMILES string of the molecule is COC(C)CNS(=O)(=O)c1c(C)cc(F)c(N)c1C. The van der Waals surface area contributed by atoms with Gasteiger partial charge in [0.25, 0.3) is 0 Å².